The number of nitrogens with zero attached hydrogens (tertiary/aromatic N) is 2. The van der Waals surface area contributed by atoms with Gasteiger partial charge in [0.1, 0.15) is 5.69 Å². The second-order valence-corrected chi connectivity index (χ2v) is 6.84. The Hall–Kier alpha value is -3.70. The summed E-state index contributed by atoms with van der Waals surface area (Å²) < 4.78 is 0. The molecule has 3 amide bonds. The van der Waals surface area contributed by atoms with Crippen LogP contribution in [-0.2, 0) is 9.59 Å². The smallest absolute Gasteiger partial charge is 0.267 e. The standard InChI is InChI=1S/C21H20N4O4/c1-13(26)23-16-11-17(24-18(12-16)19(22)27)15-5-3-4-14(10-15)6-7-21(29)8-9-25(2)20(21)28/h3-5,10-12,29H,8-9H2,1-2H3,(H2,22,27)(H,23,24,26). The van der Waals surface area contributed by atoms with Crippen LogP contribution in [0.4, 0.5) is 5.69 Å². The van der Waals surface area contributed by atoms with E-state index in [0.717, 1.165) is 0 Å². The summed E-state index contributed by atoms with van der Waals surface area (Å²) in [5, 5.41) is 13.0. The minimum Gasteiger partial charge on any atom is -0.369 e. The number of nitrogens with two attached hydrogens (primary N) is 1. The van der Waals surface area contributed by atoms with Gasteiger partial charge in [-0.1, -0.05) is 24.0 Å². The van der Waals surface area contributed by atoms with Crippen molar-refractivity contribution in [2.24, 2.45) is 5.73 Å². The molecule has 1 aliphatic heterocycles. The Morgan fingerprint density at radius 1 is 1.31 bits per heavy atom. The summed E-state index contributed by atoms with van der Waals surface area (Å²) in [5.74, 6) is 4.06. The Balaban J connectivity index is 1.97. The lowest BCUT2D eigenvalue weighted by atomic mass is 10.0. The predicted molar refractivity (Wildman–Crippen MR) is 107 cm³/mol. The molecule has 1 aromatic heterocycles. The molecule has 1 unspecified atom stereocenters. The predicted octanol–water partition coefficient (Wildman–Crippen LogP) is 0.751. The SMILES string of the molecule is CC(=O)Nc1cc(C(N)=O)nc(-c2cccc(C#CC3(O)CCN(C)C3=O)c2)c1. The molecule has 0 aliphatic carbocycles. The first-order valence-electron chi connectivity index (χ1n) is 8.89. The fraction of sp³-hybridized carbons (Fsp3) is 0.238. The largest absolute Gasteiger partial charge is 0.369 e. The van der Waals surface area contributed by atoms with Gasteiger partial charge in [-0.3, -0.25) is 14.4 Å². The second-order valence-electron chi connectivity index (χ2n) is 6.84. The average Bonchev–Trinajstić information content (AvgIpc) is 2.94. The van der Waals surface area contributed by atoms with Crippen LogP contribution in [0.1, 0.15) is 29.4 Å². The van der Waals surface area contributed by atoms with Gasteiger partial charge in [0.15, 0.2) is 0 Å². The Bertz CT molecular complexity index is 1070. The number of anilines is 1. The van der Waals surface area contributed by atoms with Crippen LogP contribution in [0.2, 0.25) is 0 Å². The molecule has 29 heavy (non-hydrogen) atoms. The van der Waals surface area contributed by atoms with Crippen molar-refractivity contribution in [1.82, 2.24) is 9.88 Å². The number of amides is 3. The molecule has 2 aromatic rings. The van der Waals surface area contributed by atoms with Crippen molar-refractivity contribution in [3.05, 3.63) is 47.7 Å². The van der Waals surface area contributed by atoms with Crippen molar-refractivity contribution in [1.29, 1.82) is 0 Å². The number of nitrogens with one attached hydrogen (secondary N) is 1. The van der Waals surface area contributed by atoms with Crippen LogP contribution in [0, 0.1) is 11.8 Å². The van der Waals surface area contributed by atoms with Crippen LogP contribution in [0.3, 0.4) is 0 Å². The third kappa shape index (κ3) is 4.42. The van der Waals surface area contributed by atoms with Gasteiger partial charge in [0, 0.05) is 43.8 Å². The summed E-state index contributed by atoms with van der Waals surface area (Å²) in [7, 11) is 1.62. The number of carbonyl (C=O) groups is 3. The molecular formula is C21H20N4O4. The fourth-order valence-corrected chi connectivity index (χ4v) is 2.98. The molecule has 8 heteroatoms. The number of aliphatic hydroxyl groups is 1. The van der Waals surface area contributed by atoms with Gasteiger partial charge in [-0.25, -0.2) is 4.98 Å². The summed E-state index contributed by atoms with van der Waals surface area (Å²) in [6.07, 6.45) is 0.247. The number of hydrogen-bond donors (Lipinski definition) is 3. The van der Waals surface area contributed by atoms with Crippen molar-refractivity contribution in [2.45, 2.75) is 18.9 Å². The van der Waals surface area contributed by atoms with Crippen LogP contribution < -0.4 is 11.1 Å². The highest BCUT2D eigenvalue weighted by atomic mass is 16.3. The molecule has 0 saturated carbocycles. The maximum Gasteiger partial charge on any atom is 0.267 e. The number of likely N-dealkylation sites (tertiary alicyclic amines) is 1. The van der Waals surface area contributed by atoms with Gasteiger partial charge in [-0.2, -0.15) is 0 Å². The molecule has 148 valence electrons. The van der Waals surface area contributed by atoms with E-state index in [0.29, 0.717) is 29.1 Å². The Labute approximate surface area is 167 Å². The summed E-state index contributed by atoms with van der Waals surface area (Å²) >= 11 is 0. The molecule has 3 rings (SSSR count). The molecule has 8 nitrogen and oxygen atoms in total. The maximum atomic E-state index is 12.0. The summed E-state index contributed by atoms with van der Waals surface area (Å²) in [5.41, 5.74) is 5.67. The monoisotopic (exact) mass is 392 g/mol. The minimum absolute atomic E-state index is 0.0108. The van der Waals surface area contributed by atoms with E-state index in [2.05, 4.69) is 22.1 Å². The zero-order chi connectivity index (χ0) is 21.2. The molecule has 0 spiro atoms. The second kappa shape index (κ2) is 7.73. The molecule has 1 aromatic carbocycles. The van der Waals surface area contributed by atoms with Gasteiger partial charge < -0.3 is 21.1 Å². The first-order chi connectivity index (χ1) is 13.7. The van der Waals surface area contributed by atoms with Crippen LogP contribution in [-0.4, -0.2) is 51.9 Å². The maximum absolute atomic E-state index is 12.0. The van der Waals surface area contributed by atoms with E-state index < -0.39 is 17.4 Å². The average molecular weight is 392 g/mol. The molecular weight excluding hydrogens is 372 g/mol. The lowest BCUT2D eigenvalue weighted by Gasteiger charge is -2.13. The molecule has 1 atom stereocenters. The van der Waals surface area contributed by atoms with Crippen molar-refractivity contribution in [2.75, 3.05) is 18.9 Å². The number of hydrogen-bond acceptors (Lipinski definition) is 5. The number of carbonyl (C=O) groups excluding carboxylic acids is 3. The first-order valence-corrected chi connectivity index (χ1v) is 8.89. The Morgan fingerprint density at radius 3 is 2.69 bits per heavy atom. The van der Waals surface area contributed by atoms with E-state index >= 15 is 0 Å². The highest BCUT2D eigenvalue weighted by Crippen LogP contribution is 2.24. The van der Waals surface area contributed by atoms with E-state index in [1.54, 1.807) is 37.4 Å². The van der Waals surface area contributed by atoms with E-state index in [9.17, 15) is 19.5 Å². The van der Waals surface area contributed by atoms with Crippen LogP contribution >= 0.6 is 0 Å². The molecule has 2 heterocycles. The quantitative estimate of drug-likeness (QED) is 0.665. The van der Waals surface area contributed by atoms with E-state index in [1.165, 1.54) is 17.9 Å². The zero-order valence-corrected chi connectivity index (χ0v) is 16.0. The Morgan fingerprint density at radius 2 is 2.07 bits per heavy atom. The van der Waals surface area contributed by atoms with Gasteiger partial charge in [0.25, 0.3) is 11.8 Å². The number of pyridine rings is 1. The third-order valence-electron chi connectivity index (χ3n) is 4.48. The topological polar surface area (TPSA) is 126 Å². The fourth-order valence-electron chi connectivity index (χ4n) is 2.98. The van der Waals surface area contributed by atoms with Crippen molar-refractivity contribution in [3.8, 4) is 23.1 Å². The molecule has 0 bridgehead atoms. The third-order valence-corrected chi connectivity index (χ3v) is 4.48. The lowest BCUT2D eigenvalue weighted by molar-refractivity contribution is -0.137. The van der Waals surface area contributed by atoms with E-state index in [4.69, 9.17) is 5.73 Å². The van der Waals surface area contributed by atoms with Gasteiger partial charge in [0.2, 0.25) is 11.5 Å². The van der Waals surface area contributed by atoms with Gasteiger partial charge in [0.05, 0.1) is 5.69 Å². The molecule has 0 radical (unpaired) electrons. The van der Waals surface area contributed by atoms with Crippen molar-refractivity contribution >= 4 is 23.4 Å². The first kappa shape index (κ1) is 20.0. The van der Waals surface area contributed by atoms with E-state index in [-0.39, 0.29) is 18.0 Å². The minimum atomic E-state index is -1.69. The van der Waals surface area contributed by atoms with Crippen LogP contribution in [0.25, 0.3) is 11.3 Å². The number of likely N-dealkylation sites (N-methyl/N-ethyl adjacent to an activating group) is 1. The normalized spacial score (nSPS) is 18.2. The van der Waals surface area contributed by atoms with Gasteiger partial charge in [-0.15, -0.1) is 0 Å². The number of benzene rings is 1. The zero-order valence-electron chi connectivity index (χ0n) is 16.0. The summed E-state index contributed by atoms with van der Waals surface area (Å²) in [6, 6.07) is 9.96. The van der Waals surface area contributed by atoms with Crippen LogP contribution in [0.5, 0.6) is 0 Å². The Kier molecular flexibility index (Phi) is 5.35. The molecule has 1 saturated heterocycles. The van der Waals surface area contributed by atoms with E-state index in [1.807, 2.05) is 0 Å². The molecule has 1 aliphatic rings. The van der Waals surface area contributed by atoms with Gasteiger partial charge in [-0.05, 0) is 24.3 Å². The highest BCUT2D eigenvalue weighted by molar-refractivity contribution is 5.95. The number of aromatic nitrogens is 1. The lowest BCUT2D eigenvalue weighted by Crippen LogP contribution is -2.37. The summed E-state index contributed by atoms with van der Waals surface area (Å²) in [4.78, 5) is 40.7. The number of rotatable bonds is 3. The van der Waals surface area contributed by atoms with Crippen molar-refractivity contribution in [3.63, 3.8) is 0 Å². The van der Waals surface area contributed by atoms with Crippen molar-refractivity contribution < 1.29 is 19.5 Å². The van der Waals surface area contributed by atoms with Crippen LogP contribution in [0.15, 0.2) is 36.4 Å². The van der Waals surface area contributed by atoms with Gasteiger partial charge >= 0.3 is 0 Å². The highest BCUT2D eigenvalue weighted by Gasteiger charge is 2.42. The summed E-state index contributed by atoms with van der Waals surface area (Å²) in [6.45, 7) is 1.80. The molecule has 4 N–H and O–H groups in total. The number of primary amides is 1. The molecule has 1 fully saturated rings.